The zero-order valence-electron chi connectivity index (χ0n) is 16.3. The Morgan fingerprint density at radius 3 is 2.73 bits per heavy atom. The van der Waals surface area contributed by atoms with Gasteiger partial charge in [0, 0.05) is 25.7 Å². The number of allylic oxidation sites excluding steroid dienone is 2. The molecule has 2 amide bonds. The lowest BCUT2D eigenvalue weighted by Crippen LogP contribution is -2.40. The lowest BCUT2D eigenvalue weighted by Gasteiger charge is -2.28. The molecule has 1 atom stereocenters. The highest BCUT2D eigenvalue weighted by Crippen LogP contribution is 2.26. The molecule has 1 heterocycles. The van der Waals surface area contributed by atoms with E-state index in [2.05, 4.69) is 49.3 Å². The van der Waals surface area contributed by atoms with E-state index in [4.69, 9.17) is 0 Å². The Labute approximate surface area is 157 Å². The van der Waals surface area contributed by atoms with Crippen molar-refractivity contribution in [2.45, 2.75) is 46.3 Å². The molecule has 0 saturated heterocycles. The molecular weight excluding hydrogens is 326 g/mol. The van der Waals surface area contributed by atoms with Gasteiger partial charge in [-0.2, -0.15) is 0 Å². The van der Waals surface area contributed by atoms with E-state index in [0.717, 1.165) is 24.1 Å². The lowest BCUT2D eigenvalue weighted by molar-refractivity contribution is 0.196. The number of hydrogen-bond donors (Lipinski definition) is 2. The Balaban J connectivity index is 1.90. The van der Waals surface area contributed by atoms with E-state index < -0.39 is 0 Å². The summed E-state index contributed by atoms with van der Waals surface area (Å²) in [7, 11) is 2.11. The number of phenolic OH excluding ortho intramolecular Hbond substituents is 1. The number of carbonyl (C=O) groups excluding carboxylic acids is 1. The number of aromatic hydroxyl groups is 1. The van der Waals surface area contributed by atoms with Crippen LogP contribution in [0.2, 0.25) is 0 Å². The fourth-order valence-electron chi connectivity index (χ4n) is 3.41. The van der Waals surface area contributed by atoms with E-state index in [0.29, 0.717) is 19.6 Å². The van der Waals surface area contributed by atoms with Crippen LogP contribution >= 0.6 is 0 Å². The first-order valence-corrected chi connectivity index (χ1v) is 9.32. The minimum absolute atomic E-state index is 0.0494. The van der Waals surface area contributed by atoms with Gasteiger partial charge in [-0.3, -0.25) is 4.90 Å². The van der Waals surface area contributed by atoms with Gasteiger partial charge in [-0.1, -0.05) is 31.2 Å². The van der Waals surface area contributed by atoms with Gasteiger partial charge in [0.2, 0.25) is 0 Å². The Hall–Kier alpha value is -2.27. The summed E-state index contributed by atoms with van der Waals surface area (Å²) in [6.45, 7) is 8.95. The predicted octanol–water partition coefficient (Wildman–Crippen LogP) is 3.65. The number of carbonyl (C=O) groups is 1. The van der Waals surface area contributed by atoms with Crippen LogP contribution in [0.4, 0.5) is 4.79 Å². The van der Waals surface area contributed by atoms with Crippen LogP contribution in [0.5, 0.6) is 5.75 Å². The summed E-state index contributed by atoms with van der Waals surface area (Å²) in [6, 6.07) is 5.54. The van der Waals surface area contributed by atoms with Crippen LogP contribution in [0, 0.1) is 0 Å². The summed E-state index contributed by atoms with van der Waals surface area (Å²) in [6.07, 6.45) is 7.20. The minimum Gasteiger partial charge on any atom is -0.508 e. The van der Waals surface area contributed by atoms with Gasteiger partial charge < -0.3 is 15.3 Å². The first kappa shape index (κ1) is 20.0. The van der Waals surface area contributed by atoms with E-state index in [9.17, 15) is 9.90 Å². The quantitative estimate of drug-likeness (QED) is 0.733. The molecule has 5 nitrogen and oxygen atoms in total. The zero-order valence-corrected chi connectivity index (χ0v) is 16.3. The molecule has 0 fully saturated rings. The lowest BCUT2D eigenvalue weighted by atomic mass is 10.0. The van der Waals surface area contributed by atoms with Gasteiger partial charge in [0.15, 0.2) is 0 Å². The number of amides is 2. The van der Waals surface area contributed by atoms with Crippen LogP contribution in [0.25, 0.3) is 0 Å². The number of nitrogens with zero attached hydrogens (tertiary/aromatic N) is 2. The van der Waals surface area contributed by atoms with E-state index in [1.807, 2.05) is 13.0 Å². The number of phenols is 1. The monoisotopic (exact) mass is 357 g/mol. The van der Waals surface area contributed by atoms with E-state index >= 15 is 0 Å². The standard InChI is InChI=1S/C21H31N3O2/c1-5-8-16(6-2)20(23(4)7-3)11-12-22-21(26)24-14-17-9-10-19(25)13-18(17)15-24/h5-6,8-10,13,20,25H,7,11-12,14-15H2,1-4H3,(H,22,26)/b8-5-,16-6+. The Morgan fingerprint density at radius 1 is 1.35 bits per heavy atom. The van der Waals surface area contributed by atoms with E-state index in [-0.39, 0.29) is 17.8 Å². The maximum absolute atomic E-state index is 12.5. The van der Waals surface area contributed by atoms with E-state index in [1.165, 1.54) is 5.57 Å². The van der Waals surface area contributed by atoms with Gasteiger partial charge in [0.1, 0.15) is 5.75 Å². The smallest absolute Gasteiger partial charge is 0.318 e. The molecular formula is C21H31N3O2. The summed E-state index contributed by atoms with van der Waals surface area (Å²) in [5, 5.41) is 12.6. The average Bonchev–Trinajstić information content (AvgIpc) is 3.06. The minimum atomic E-state index is -0.0494. The summed E-state index contributed by atoms with van der Waals surface area (Å²) in [5.74, 6) is 0.249. The SMILES string of the molecule is C/C=C\C(=C/C)C(CCNC(=O)N1Cc2ccc(O)cc2C1)N(C)CC. The molecule has 1 aromatic rings. The maximum Gasteiger partial charge on any atom is 0.318 e. The predicted molar refractivity (Wildman–Crippen MR) is 106 cm³/mol. The fourth-order valence-corrected chi connectivity index (χ4v) is 3.41. The summed E-state index contributed by atoms with van der Waals surface area (Å²) in [5.41, 5.74) is 3.40. The molecule has 1 unspecified atom stereocenters. The van der Waals surface area contributed by atoms with Crippen molar-refractivity contribution >= 4 is 6.03 Å². The highest BCUT2D eigenvalue weighted by molar-refractivity contribution is 5.75. The summed E-state index contributed by atoms with van der Waals surface area (Å²) < 4.78 is 0. The molecule has 0 spiro atoms. The van der Waals surface area contributed by atoms with Gasteiger partial charge in [0.25, 0.3) is 0 Å². The van der Waals surface area contributed by atoms with Crippen LogP contribution in [-0.4, -0.2) is 47.1 Å². The van der Waals surface area contributed by atoms with Gasteiger partial charge in [-0.05, 0) is 62.7 Å². The number of fused-ring (bicyclic) bond motifs is 1. The maximum atomic E-state index is 12.5. The number of urea groups is 1. The highest BCUT2D eigenvalue weighted by atomic mass is 16.3. The van der Waals surface area contributed by atoms with Gasteiger partial charge in [-0.25, -0.2) is 4.79 Å². The molecule has 1 aliphatic heterocycles. The van der Waals surface area contributed by atoms with Gasteiger partial charge in [0.05, 0.1) is 0 Å². The molecule has 2 N–H and O–H groups in total. The second-order valence-corrected chi connectivity index (χ2v) is 6.71. The normalized spacial score (nSPS) is 15.6. The first-order valence-electron chi connectivity index (χ1n) is 9.32. The largest absolute Gasteiger partial charge is 0.508 e. The number of likely N-dealkylation sites (N-methyl/N-ethyl adjacent to an activating group) is 1. The van der Waals surface area contributed by atoms with Crippen molar-refractivity contribution in [3.8, 4) is 5.75 Å². The van der Waals surface area contributed by atoms with Crippen LogP contribution in [0.3, 0.4) is 0 Å². The van der Waals surface area contributed by atoms with Crippen molar-refractivity contribution in [3.05, 3.63) is 53.1 Å². The fraction of sp³-hybridized carbons (Fsp3) is 0.476. The molecule has 0 aromatic heterocycles. The third-order valence-electron chi connectivity index (χ3n) is 5.00. The molecule has 2 rings (SSSR count). The molecule has 0 radical (unpaired) electrons. The molecule has 0 aliphatic carbocycles. The third-order valence-corrected chi connectivity index (χ3v) is 5.00. The Bertz CT molecular complexity index is 682. The summed E-state index contributed by atoms with van der Waals surface area (Å²) >= 11 is 0. The first-order chi connectivity index (χ1) is 12.5. The number of hydrogen-bond acceptors (Lipinski definition) is 3. The Kier molecular flexibility index (Phi) is 7.27. The van der Waals surface area contributed by atoms with Crippen LogP contribution in [0.1, 0.15) is 38.3 Å². The van der Waals surface area contributed by atoms with Crippen molar-refractivity contribution in [2.75, 3.05) is 20.1 Å². The van der Waals surface area contributed by atoms with Gasteiger partial charge in [-0.15, -0.1) is 0 Å². The van der Waals surface area contributed by atoms with Crippen LogP contribution in [0.15, 0.2) is 42.0 Å². The molecule has 1 aromatic carbocycles. The Morgan fingerprint density at radius 2 is 2.08 bits per heavy atom. The number of rotatable bonds is 7. The van der Waals surface area contributed by atoms with Crippen molar-refractivity contribution in [3.63, 3.8) is 0 Å². The second kappa shape index (κ2) is 9.43. The van der Waals surface area contributed by atoms with Crippen LogP contribution in [-0.2, 0) is 13.1 Å². The van der Waals surface area contributed by atoms with Crippen molar-refractivity contribution in [1.29, 1.82) is 0 Å². The molecule has 26 heavy (non-hydrogen) atoms. The highest BCUT2D eigenvalue weighted by Gasteiger charge is 2.24. The van der Waals surface area contributed by atoms with Crippen molar-refractivity contribution in [1.82, 2.24) is 15.1 Å². The molecule has 142 valence electrons. The number of nitrogens with one attached hydrogen (secondary N) is 1. The second-order valence-electron chi connectivity index (χ2n) is 6.71. The zero-order chi connectivity index (χ0) is 19.1. The topological polar surface area (TPSA) is 55.8 Å². The molecule has 1 aliphatic rings. The molecule has 0 saturated carbocycles. The average molecular weight is 357 g/mol. The van der Waals surface area contributed by atoms with Crippen molar-refractivity contribution in [2.24, 2.45) is 0 Å². The van der Waals surface area contributed by atoms with Gasteiger partial charge >= 0.3 is 6.03 Å². The number of benzene rings is 1. The van der Waals surface area contributed by atoms with E-state index in [1.54, 1.807) is 17.0 Å². The summed E-state index contributed by atoms with van der Waals surface area (Å²) in [4.78, 5) is 16.6. The molecule has 0 bridgehead atoms. The van der Waals surface area contributed by atoms with Crippen molar-refractivity contribution < 1.29 is 9.90 Å². The van der Waals surface area contributed by atoms with Crippen LogP contribution < -0.4 is 5.32 Å². The molecule has 5 heteroatoms. The third kappa shape index (κ3) is 4.88.